The summed E-state index contributed by atoms with van der Waals surface area (Å²) in [6, 6.07) is -3.71. The molecule has 0 radical (unpaired) electrons. The van der Waals surface area contributed by atoms with Gasteiger partial charge in [-0.05, 0) is 12.8 Å². The minimum Gasteiger partial charge on any atom is -0.481 e. The zero-order valence-electron chi connectivity index (χ0n) is 15.4. The Morgan fingerprint density at radius 3 is 1.90 bits per heavy atom. The van der Waals surface area contributed by atoms with Gasteiger partial charge in [-0.15, -0.1) is 0 Å². The van der Waals surface area contributed by atoms with Crippen LogP contribution in [0.25, 0.3) is 0 Å². The second-order valence-electron chi connectivity index (χ2n) is 5.96. The monoisotopic (exact) mass is 435 g/mol. The van der Waals surface area contributed by atoms with Crippen LogP contribution < -0.4 is 27.4 Å². The lowest BCUT2D eigenvalue weighted by atomic mass is 10.1. The smallest absolute Gasteiger partial charge is 0.322 e. The molecular weight excluding hydrogens is 410 g/mol. The van der Waals surface area contributed by atoms with Gasteiger partial charge in [0.1, 0.15) is 18.6 Å². The molecule has 3 atom stereocenters. The lowest BCUT2D eigenvalue weighted by Gasteiger charge is -2.23. The second kappa shape index (κ2) is 13.3. The van der Waals surface area contributed by atoms with Gasteiger partial charge >= 0.3 is 11.9 Å². The van der Waals surface area contributed by atoms with E-state index >= 15 is 0 Å². The first kappa shape index (κ1) is 26.1. The topological polar surface area (TPSA) is 231 Å². The van der Waals surface area contributed by atoms with E-state index in [9.17, 15) is 28.8 Å². The van der Waals surface area contributed by atoms with Crippen LogP contribution in [0.4, 0.5) is 0 Å². The molecule has 0 aromatic carbocycles. The Kier molecular flexibility index (Phi) is 12.0. The van der Waals surface area contributed by atoms with Gasteiger partial charge in [-0.1, -0.05) is 0 Å². The number of nitrogens with two attached hydrogens (primary N) is 2. The molecule has 3 unspecified atom stereocenters. The predicted octanol–water partition coefficient (Wildman–Crippen LogP) is -3.46. The first-order valence-corrected chi connectivity index (χ1v) is 9.07. The molecule has 14 heteroatoms. The fourth-order valence-corrected chi connectivity index (χ4v) is 2.25. The van der Waals surface area contributed by atoms with Crippen molar-refractivity contribution < 1.29 is 39.0 Å². The highest BCUT2D eigenvalue weighted by atomic mass is 32.1. The van der Waals surface area contributed by atoms with Gasteiger partial charge in [0.15, 0.2) is 0 Å². The number of thiol groups is 1. The summed E-state index contributed by atoms with van der Waals surface area (Å²) in [4.78, 5) is 68.5. The van der Waals surface area contributed by atoms with Crippen molar-refractivity contribution in [3.63, 3.8) is 0 Å². The lowest BCUT2D eigenvalue weighted by Crippen LogP contribution is -2.56. The number of aliphatic carboxylic acids is 2. The van der Waals surface area contributed by atoms with Crippen LogP contribution in [-0.4, -0.2) is 76.2 Å². The molecule has 0 aromatic rings. The second-order valence-corrected chi connectivity index (χ2v) is 6.33. The van der Waals surface area contributed by atoms with Crippen LogP contribution in [0.1, 0.15) is 25.7 Å². The summed E-state index contributed by atoms with van der Waals surface area (Å²) in [5.74, 6) is -5.84. The number of amides is 4. The van der Waals surface area contributed by atoms with Crippen LogP contribution in [0.3, 0.4) is 0 Å². The normalized spacial score (nSPS) is 13.4. The maximum absolute atomic E-state index is 12.4. The van der Waals surface area contributed by atoms with E-state index in [1.54, 1.807) is 0 Å². The number of primary amides is 1. The van der Waals surface area contributed by atoms with E-state index in [-0.39, 0.29) is 31.4 Å². The zero-order valence-corrected chi connectivity index (χ0v) is 16.3. The summed E-state index contributed by atoms with van der Waals surface area (Å²) >= 11 is 3.92. The van der Waals surface area contributed by atoms with Crippen LogP contribution >= 0.6 is 12.6 Å². The summed E-state index contributed by atoms with van der Waals surface area (Å²) < 4.78 is 0. The largest absolute Gasteiger partial charge is 0.481 e. The quantitative estimate of drug-likeness (QED) is 0.127. The fraction of sp³-hybridized carbons (Fsp3) is 0.600. The van der Waals surface area contributed by atoms with Gasteiger partial charge in [0.05, 0.1) is 6.04 Å². The molecule has 0 heterocycles. The SMILES string of the molecule is NC(=O)CCC(NC(=O)C(N)CCC(=O)O)C(=O)NC(CS)C(=O)NCC(=O)O. The summed E-state index contributed by atoms with van der Waals surface area (Å²) in [6.07, 6.45) is -1.01. The molecule has 29 heavy (non-hydrogen) atoms. The molecule has 164 valence electrons. The van der Waals surface area contributed by atoms with Gasteiger partial charge in [0.25, 0.3) is 0 Å². The molecule has 0 aliphatic heterocycles. The van der Waals surface area contributed by atoms with Crippen molar-refractivity contribution in [2.75, 3.05) is 12.3 Å². The summed E-state index contributed by atoms with van der Waals surface area (Å²) in [6.45, 7) is -0.667. The molecule has 0 fully saturated rings. The molecule has 0 saturated heterocycles. The molecule has 4 amide bonds. The highest BCUT2D eigenvalue weighted by Gasteiger charge is 2.28. The number of carboxylic acids is 2. The van der Waals surface area contributed by atoms with Crippen LogP contribution in [0, 0.1) is 0 Å². The molecule has 9 N–H and O–H groups in total. The maximum Gasteiger partial charge on any atom is 0.322 e. The molecule has 0 aliphatic carbocycles. The van der Waals surface area contributed by atoms with Crippen LogP contribution in [0.5, 0.6) is 0 Å². The van der Waals surface area contributed by atoms with E-state index in [2.05, 4.69) is 28.6 Å². The Morgan fingerprint density at radius 2 is 1.41 bits per heavy atom. The fourth-order valence-electron chi connectivity index (χ4n) is 2.00. The Bertz CT molecular complexity index is 644. The Morgan fingerprint density at radius 1 is 0.828 bits per heavy atom. The van der Waals surface area contributed by atoms with E-state index in [1.165, 1.54) is 0 Å². The van der Waals surface area contributed by atoms with Crippen molar-refractivity contribution in [1.29, 1.82) is 0 Å². The van der Waals surface area contributed by atoms with Crippen molar-refractivity contribution >= 4 is 48.2 Å². The first-order valence-electron chi connectivity index (χ1n) is 8.44. The molecule has 0 bridgehead atoms. The highest BCUT2D eigenvalue weighted by molar-refractivity contribution is 7.80. The zero-order chi connectivity index (χ0) is 22.6. The molecule has 0 aliphatic rings. The third-order valence-corrected chi connectivity index (χ3v) is 3.91. The number of rotatable bonds is 14. The summed E-state index contributed by atoms with van der Waals surface area (Å²) in [5.41, 5.74) is 10.6. The Hall–Kier alpha value is -2.87. The summed E-state index contributed by atoms with van der Waals surface area (Å²) in [5, 5.41) is 23.9. The van der Waals surface area contributed by atoms with Crippen molar-refractivity contribution in [2.45, 2.75) is 43.8 Å². The van der Waals surface area contributed by atoms with Crippen molar-refractivity contribution in [3.05, 3.63) is 0 Å². The molecular formula is C15H25N5O8S. The molecule has 0 spiro atoms. The Labute approximate surface area is 171 Å². The molecule has 0 rings (SSSR count). The number of carbonyl (C=O) groups is 6. The van der Waals surface area contributed by atoms with Gasteiger partial charge in [-0.2, -0.15) is 12.6 Å². The van der Waals surface area contributed by atoms with Crippen LogP contribution in [0.2, 0.25) is 0 Å². The standard InChI is InChI=1S/C15H25N5O8S/c16-7(1-4-11(22)23)13(26)19-8(2-3-10(17)21)15(28)20-9(6-29)14(27)18-5-12(24)25/h7-9,29H,1-6,16H2,(H2,17,21)(H,18,27)(H,19,26)(H,20,28)(H,22,23)(H,24,25). The summed E-state index contributed by atoms with van der Waals surface area (Å²) in [7, 11) is 0. The van der Waals surface area contributed by atoms with Gasteiger partial charge < -0.3 is 37.6 Å². The maximum atomic E-state index is 12.4. The van der Waals surface area contributed by atoms with E-state index in [1.807, 2.05) is 0 Å². The highest BCUT2D eigenvalue weighted by Crippen LogP contribution is 2.02. The molecule has 0 saturated carbocycles. The number of nitrogens with one attached hydrogen (secondary N) is 3. The average molecular weight is 435 g/mol. The van der Waals surface area contributed by atoms with Gasteiger partial charge in [-0.3, -0.25) is 28.8 Å². The van der Waals surface area contributed by atoms with Crippen molar-refractivity contribution in [3.8, 4) is 0 Å². The third kappa shape index (κ3) is 11.5. The van der Waals surface area contributed by atoms with Gasteiger partial charge in [0, 0.05) is 18.6 Å². The molecule has 13 nitrogen and oxygen atoms in total. The van der Waals surface area contributed by atoms with Crippen molar-refractivity contribution in [2.24, 2.45) is 11.5 Å². The van der Waals surface area contributed by atoms with E-state index in [0.29, 0.717) is 0 Å². The number of hydrogen-bond acceptors (Lipinski definition) is 8. The van der Waals surface area contributed by atoms with Crippen molar-refractivity contribution in [1.82, 2.24) is 16.0 Å². The lowest BCUT2D eigenvalue weighted by molar-refractivity contribution is -0.139. The number of hydrogen-bond donors (Lipinski definition) is 8. The minimum absolute atomic E-state index is 0.175. The first-order chi connectivity index (χ1) is 13.5. The van der Waals surface area contributed by atoms with Gasteiger partial charge in [-0.25, -0.2) is 0 Å². The van der Waals surface area contributed by atoms with E-state index in [0.717, 1.165) is 0 Å². The van der Waals surface area contributed by atoms with Gasteiger partial charge in [0.2, 0.25) is 23.6 Å². The number of carboxylic acid groups (broad SMARTS) is 2. The average Bonchev–Trinajstić information content (AvgIpc) is 2.64. The molecule has 0 aromatic heterocycles. The third-order valence-electron chi connectivity index (χ3n) is 3.55. The predicted molar refractivity (Wildman–Crippen MR) is 102 cm³/mol. The minimum atomic E-state index is -1.29. The number of carbonyl (C=O) groups excluding carboxylic acids is 4. The van der Waals surface area contributed by atoms with E-state index in [4.69, 9.17) is 21.7 Å². The van der Waals surface area contributed by atoms with Crippen LogP contribution in [0.15, 0.2) is 0 Å². The Balaban J connectivity index is 5.07. The van der Waals surface area contributed by atoms with Crippen LogP contribution in [-0.2, 0) is 28.8 Å². The van der Waals surface area contributed by atoms with E-state index < -0.39 is 60.2 Å².